The van der Waals surface area contributed by atoms with Gasteiger partial charge in [-0.15, -0.1) is 0 Å². The second kappa shape index (κ2) is 18.2. The van der Waals surface area contributed by atoms with Crippen molar-refractivity contribution in [1.82, 2.24) is 19.8 Å². The van der Waals surface area contributed by atoms with Crippen LogP contribution in [-0.4, -0.2) is 69.5 Å². The SMILES string of the molecule is CCC(=O)N[C@@H](CCCCN)C(=O)Nc1ccc(COC(=O)O[C@]2(CC)C(=O)OCc3c2cc2n(c3=O)Cc3c-2nc2ccccc2c3CCN(C(C)=O)C(C)C)cc1. The first-order chi connectivity index (χ1) is 28.3. The first-order valence-corrected chi connectivity index (χ1v) is 20.2. The Morgan fingerprint density at radius 1 is 1.03 bits per heavy atom. The number of anilines is 1. The Morgan fingerprint density at radius 2 is 1.78 bits per heavy atom. The number of fused-ring (bicyclic) bond motifs is 5. The van der Waals surface area contributed by atoms with Gasteiger partial charge in [0.15, 0.2) is 0 Å². The molecule has 15 nitrogen and oxygen atoms in total. The lowest BCUT2D eigenvalue weighted by molar-refractivity contribution is -0.175. The molecule has 0 saturated heterocycles. The largest absolute Gasteiger partial charge is 0.510 e. The molecule has 0 radical (unpaired) electrons. The average molecular weight is 809 g/mol. The van der Waals surface area contributed by atoms with Gasteiger partial charge in [-0.3, -0.25) is 19.2 Å². The van der Waals surface area contributed by atoms with Crippen molar-refractivity contribution in [3.63, 3.8) is 0 Å². The summed E-state index contributed by atoms with van der Waals surface area (Å²) in [5.41, 5.74) is 8.30. The first kappa shape index (κ1) is 42.5. The lowest BCUT2D eigenvalue weighted by atomic mass is 9.85. The standard InChI is InChI=1S/C44H52N6O9/c1-6-38(52)47-36(14-10-11-20-45)40(53)46-29-17-15-28(16-18-29)24-58-43(56)59-44(7-2)34-22-37-39-32(23-50(37)41(54)33(34)25-57-42(44)55)30(19-21-49(26(3)4)27(5)51)31-12-8-9-13-35(31)48-39/h8-9,12-13,15-18,22,26,36H,6-7,10-11,14,19-21,23-25,45H2,1-5H3,(H,46,53)(H,47,52)/t36-,44-/m0/s1. The van der Waals surface area contributed by atoms with E-state index < -0.39 is 23.8 Å². The molecule has 59 heavy (non-hydrogen) atoms. The van der Waals surface area contributed by atoms with Crippen LogP contribution >= 0.6 is 0 Å². The molecular formula is C44H52N6O9. The summed E-state index contributed by atoms with van der Waals surface area (Å²) < 4.78 is 18.4. The minimum absolute atomic E-state index is 0.00403. The highest BCUT2D eigenvalue weighted by atomic mass is 16.7. The Bertz CT molecular complexity index is 2320. The molecule has 2 aromatic heterocycles. The number of carbonyl (C=O) groups is 5. The highest BCUT2D eigenvalue weighted by Gasteiger charge is 2.51. The van der Waals surface area contributed by atoms with Gasteiger partial charge in [0.2, 0.25) is 23.3 Å². The molecular weight excluding hydrogens is 757 g/mol. The van der Waals surface area contributed by atoms with Crippen LogP contribution in [-0.2, 0) is 65.2 Å². The lowest BCUT2D eigenvalue weighted by Gasteiger charge is -2.35. The number of benzene rings is 2. The topological polar surface area (TPSA) is 201 Å². The van der Waals surface area contributed by atoms with Crippen molar-refractivity contribution in [2.75, 3.05) is 18.4 Å². The number of aromatic nitrogens is 2. The number of carbonyl (C=O) groups excluding carboxylic acids is 5. The Labute approximate surface area is 342 Å². The summed E-state index contributed by atoms with van der Waals surface area (Å²) in [5, 5.41) is 6.50. The first-order valence-electron chi connectivity index (χ1n) is 20.2. The number of pyridine rings is 2. The number of cyclic esters (lactones) is 1. The smallest absolute Gasteiger partial charge is 0.457 e. The van der Waals surface area contributed by atoms with Crippen LogP contribution in [0.3, 0.4) is 0 Å². The number of unbranched alkanes of at least 4 members (excludes halogenated alkanes) is 1. The molecule has 0 spiro atoms. The predicted molar refractivity (Wildman–Crippen MR) is 220 cm³/mol. The van der Waals surface area contributed by atoms with Gasteiger partial charge in [-0.2, -0.15) is 0 Å². The summed E-state index contributed by atoms with van der Waals surface area (Å²) in [5.74, 6) is -1.44. The van der Waals surface area contributed by atoms with Crippen LogP contribution in [0.2, 0.25) is 0 Å². The van der Waals surface area contributed by atoms with Gasteiger partial charge in [-0.1, -0.05) is 44.2 Å². The molecule has 6 rings (SSSR count). The zero-order valence-corrected chi connectivity index (χ0v) is 34.2. The number of hydrogen-bond donors (Lipinski definition) is 3. The molecule has 0 aliphatic carbocycles. The zero-order chi connectivity index (χ0) is 42.4. The number of para-hydroxylation sites is 1. The highest BCUT2D eigenvalue weighted by molar-refractivity contribution is 5.97. The molecule has 2 aliphatic rings. The molecule has 312 valence electrons. The van der Waals surface area contributed by atoms with E-state index in [4.69, 9.17) is 24.9 Å². The molecule has 0 fully saturated rings. The van der Waals surface area contributed by atoms with E-state index in [1.165, 1.54) is 0 Å². The molecule has 0 unspecified atom stereocenters. The van der Waals surface area contributed by atoms with Crippen LogP contribution in [0.5, 0.6) is 0 Å². The number of ether oxygens (including phenoxy) is 3. The van der Waals surface area contributed by atoms with E-state index in [0.717, 1.165) is 28.5 Å². The quantitative estimate of drug-likeness (QED) is 0.0874. The van der Waals surface area contributed by atoms with Crippen LogP contribution < -0.4 is 21.9 Å². The maximum atomic E-state index is 14.3. The van der Waals surface area contributed by atoms with Crippen LogP contribution in [0.4, 0.5) is 10.5 Å². The molecule has 4 N–H and O–H groups in total. The van der Waals surface area contributed by atoms with E-state index in [9.17, 15) is 28.8 Å². The number of amides is 3. The maximum absolute atomic E-state index is 14.3. The van der Waals surface area contributed by atoms with Crippen LogP contribution in [0.1, 0.15) is 94.5 Å². The van der Waals surface area contributed by atoms with Crippen molar-refractivity contribution in [3.8, 4) is 11.4 Å². The van der Waals surface area contributed by atoms with E-state index in [0.29, 0.717) is 55.0 Å². The molecule has 15 heteroatoms. The van der Waals surface area contributed by atoms with Crippen molar-refractivity contribution in [3.05, 3.63) is 92.8 Å². The van der Waals surface area contributed by atoms with Gasteiger partial charge in [0.05, 0.1) is 29.0 Å². The monoisotopic (exact) mass is 808 g/mol. The Kier molecular flexibility index (Phi) is 13.1. The third-order valence-corrected chi connectivity index (χ3v) is 11.1. The number of esters is 1. The van der Waals surface area contributed by atoms with Crippen molar-refractivity contribution in [2.24, 2.45) is 5.73 Å². The van der Waals surface area contributed by atoms with E-state index in [1.807, 2.05) is 38.1 Å². The number of hydrogen-bond acceptors (Lipinski definition) is 11. The van der Waals surface area contributed by atoms with E-state index in [2.05, 4.69) is 10.6 Å². The second-order valence-electron chi connectivity index (χ2n) is 15.1. The summed E-state index contributed by atoms with van der Waals surface area (Å²) in [6, 6.07) is 15.3. The fraction of sp³-hybridized carbons (Fsp3) is 0.432. The summed E-state index contributed by atoms with van der Waals surface area (Å²) in [4.78, 5) is 85.5. The molecule has 2 aromatic carbocycles. The van der Waals surface area contributed by atoms with E-state index in [1.54, 1.807) is 60.6 Å². The van der Waals surface area contributed by atoms with Gasteiger partial charge in [-0.25, -0.2) is 14.6 Å². The molecule has 3 amide bonds. The molecule has 4 aromatic rings. The number of rotatable bonds is 16. The summed E-state index contributed by atoms with van der Waals surface area (Å²) >= 11 is 0. The van der Waals surface area contributed by atoms with E-state index >= 15 is 0 Å². The molecule has 0 saturated carbocycles. The van der Waals surface area contributed by atoms with Gasteiger partial charge in [-0.05, 0) is 87.9 Å². The molecule has 2 aliphatic heterocycles. The zero-order valence-electron chi connectivity index (χ0n) is 34.2. The van der Waals surface area contributed by atoms with Gasteiger partial charge < -0.3 is 40.0 Å². The Hall–Kier alpha value is -6.09. The van der Waals surface area contributed by atoms with Crippen molar-refractivity contribution >= 4 is 46.4 Å². The van der Waals surface area contributed by atoms with Crippen LogP contribution in [0.15, 0.2) is 59.4 Å². The van der Waals surface area contributed by atoms with Crippen molar-refractivity contribution < 1.29 is 38.2 Å². The average Bonchev–Trinajstić information content (AvgIpc) is 3.59. The predicted octanol–water partition coefficient (Wildman–Crippen LogP) is 5.20. The minimum atomic E-state index is -1.97. The van der Waals surface area contributed by atoms with Crippen molar-refractivity contribution in [1.29, 1.82) is 0 Å². The second-order valence-corrected chi connectivity index (χ2v) is 15.1. The third kappa shape index (κ3) is 8.85. The number of nitrogens with zero attached hydrogens (tertiary/aromatic N) is 3. The van der Waals surface area contributed by atoms with Crippen LogP contribution in [0.25, 0.3) is 22.3 Å². The molecule has 2 atom stereocenters. The lowest BCUT2D eigenvalue weighted by Crippen LogP contribution is -2.47. The van der Waals surface area contributed by atoms with Crippen molar-refractivity contribution in [2.45, 2.75) is 111 Å². The maximum Gasteiger partial charge on any atom is 0.510 e. The molecule has 4 heterocycles. The molecule has 0 bridgehead atoms. The number of nitrogens with one attached hydrogen (secondary N) is 2. The summed E-state index contributed by atoms with van der Waals surface area (Å²) in [6.07, 6.45) is 1.44. The van der Waals surface area contributed by atoms with Crippen LogP contribution in [0, 0.1) is 0 Å². The fourth-order valence-electron chi connectivity index (χ4n) is 7.85. The minimum Gasteiger partial charge on any atom is -0.457 e. The number of nitrogens with two attached hydrogens (primary N) is 1. The normalized spacial score (nSPS) is 15.7. The highest BCUT2D eigenvalue weighted by Crippen LogP contribution is 2.42. The van der Waals surface area contributed by atoms with Gasteiger partial charge in [0.25, 0.3) is 5.56 Å². The van der Waals surface area contributed by atoms with Gasteiger partial charge in [0, 0.05) is 48.1 Å². The Balaban J connectivity index is 1.22. The third-order valence-electron chi connectivity index (χ3n) is 11.1. The van der Waals surface area contributed by atoms with Gasteiger partial charge in [0.1, 0.15) is 19.3 Å². The Morgan fingerprint density at radius 3 is 2.46 bits per heavy atom. The summed E-state index contributed by atoms with van der Waals surface area (Å²) in [7, 11) is 0. The summed E-state index contributed by atoms with van der Waals surface area (Å²) in [6.45, 7) is 9.54. The van der Waals surface area contributed by atoms with E-state index in [-0.39, 0.29) is 73.0 Å². The fourth-order valence-corrected chi connectivity index (χ4v) is 7.85. The van der Waals surface area contributed by atoms with Gasteiger partial charge >= 0.3 is 12.1 Å².